The number of sulfone groups is 1. The molecule has 1 N–H and O–H groups in total. The van der Waals surface area contributed by atoms with Crippen molar-refractivity contribution in [3.63, 3.8) is 0 Å². The molecule has 0 saturated carbocycles. The Morgan fingerprint density at radius 3 is 2.59 bits per heavy atom. The molecule has 0 atom stereocenters. The van der Waals surface area contributed by atoms with E-state index < -0.39 is 9.84 Å². The summed E-state index contributed by atoms with van der Waals surface area (Å²) in [7, 11) is -3.22. The molecule has 0 radical (unpaired) electrons. The molecule has 3 rings (SSSR count). The zero-order valence-electron chi connectivity index (χ0n) is 15.5. The van der Waals surface area contributed by atoms with Crippen LogP contribution >= 0.6 is 11.6 Å². The van der Waals surface area contributed by atoms with Gasteiger partial charge < -0.3 is 5.32 Å². The smallest absolute Gasteiger partial charge is 0.322 e. The van der Waals surface area contributed by atoms with Crippen molar-refractivity contribution in [2.75, 3.05) is 17.2 Å². The summed E-state index contributed by atoms with van der Waals surface area (Å²) in [6.07, 6.45) is 1.62. The second-order valence-electron chi connectivity index (χ2n) is 7.20. The number of halogens is 1. The van der Waals surface area contributed by atoms with E-state index in [0.717, 1.165) is 16.8 Å². The van der Waals surface area contributed by atoms with Crippen LogP contribution in [0.25, 0.3) is 0 Å². The number of hydrogen-bond donors (Lipinski definition) is 1. The summed E-state index contributed by atoms with van der Waals surface area (Å²) in [5.41, 5.74) is 2.36. The Hall–Kier alpha value is -2.12. The SMILES string of the molecule is CCS(=O)(=O)c1ccc(CNC(=O)N2CC(C)(C)c3cc(Cl)ncc32)cc1. The minimum Gasteiger partial charge on any atom is -0.334 e. The summed E-state index contributed by atoms with van der Waals surface area (Å²) in [5, 5.41) is 3.29. The number of carbonyl (C=O) groups is 1. The summed E-state index contributed by atoms with van der Waals surface area (Å²) in [4.78, 5) is 18.7. The van der Waals surface area contributed by atoms with Gasteiger partial charge in [0.25, 0.3) is 0 Å². The van der Waals surface area contributed by atoms with Gasteiger partial charge in [0, 0.05) is 18.5 Å². The van der Waals surface area contributed by atoms with Gasteiger partial charge in [-0.2, -0.15) is 0 Å². The summed E-state index contributed by atoms with van der Waals surface area (Å²) < 4.78 is 23.7. The van der Waals surface area contributed by atoms with Crippen LogP contribution < -0.4 is 10.2 Å². The molecule has 0 spiro atoms. The molecule has 0 fully saturated rings. The molecule has 1 aliphatic rings. The quantitative estimate of drug-likeness (QED) is 0.786. The number of benzene rings is 1. The molecule has 27 heavy (non-hydrogen) atoms. The third-order valence-electron chi connectivity index (χ3n) is 4.77. The molecule has 1 aromatic heterocycles. The molecular formula is C19H22ClN3O3S. The van der Waals surface area contributed by atoms with Gasteiger partial charge in [-0.05, 0) is 29.3 Å². The highest BCUT2D eigenvalue weighted by Gasteiger charge is 2.38. The monoisotopic (exact) mass is 407 g/mol. The molecule has 0 bridgehead atoms. The topological polar surface area (TPSA) is 79.4 Å². The van der Waals surface area contributed by atoms with Crippen LogP contribution in [0.2, 0.25) is 5.15 Å². The number of anilines is 1. The highest BCUT2D eigenvalue weighted by atomic mass is 35.5. The van der Waals surface area contributed by atoms with Gasteiger partial charge in [0.05, 0.1) is 22.5 Å². The largest absolute Gasteiger partial charge is 0.334 e. The molecule has 144 valence electrons. The van der Waals surface area contributed by atoms with E-state index in [0.29, 0.717) is 23.1 Å². The van der Waals surface area contributed by atoms with Gasteiger partial charge >= 0.3 is 6.03 Å². The summed E-state index contributed by atoms with van der Waals surface area (Å²) in [5.74, 6) is 0.0608. The number of nitrogens with zero attached hydrogens (tertiary/aromatic N) is 2. The maximum atomic E-state index is 12.7. The zero-order valence-corrected chi connectivity index (χ0v) is 17.1. The number of urea groups is 1. The van der Waals surface area contributed by atoms with Crippen LogP contribution in [-0.4, -0.2) is 31.7 Å². The second-order valence-corrected chi connectivity index (χ2v) is 9.87. The van der Waals surface area contributed by atoms with Crippen molar-refractivity contribution in [2.24, 2.45) is 0 Å². The minimum atomic E-state index is -3.22. The van der Waals surface area contributed by atoms with Crippen molar-refractivity contribution in [3.8, 4) is 0 Å². The van der Waals surface area contributed by atoms with E-state index in [1.54, 1.807) is 48.4 Å². The lowest BCUT2D eigenvalue weighted by Gasteiger charge is -2.21. The first kappa shape index (κ1) is 19.6. The van der Waals surface area contributed by atoms with E-state index in [1.165, 1.54) is 0 Å². The normalized spacial score (nSPS) is 15.5. The Morgan fingerprint density at radius 1 is 1.30 bits per heavy atom. The van der Waals surface area contributed by atoms with Crippen LogP contribution in [-0.2, 0) is 21.8 Å². The van der Waals surface area contributed by atoms with Gasteiger partial charge in [-0.3, -0.25) is 4.90 Å². The van der Waals surface area contributed by atoms with E-state index in [1.807, 2.05) is 0 Å². The van der Waals surface area contributed by atoms with Gasteiger partial charge in [-0.1, -0.05) is 44.5 Å². The molecule has 2 aromatic rings. The Labute approximate surface area is 164 Å². The highest BCUT2D eigenvalue weighted by molar-refractivity contribution is 7.91. The fraction of sp³-hybridized carbons (Fsp3) is 0.368. The van der Waals surface area contributed by atoms with Gasteiger partial charge in [-0.25, -0.2) is 18.2 Å². The first-order valence-electron chi connectivity index (χ1n) is 8.67. The third kappa shape index (κ3) is 3.94. The number of rotatable bonds is 4. The molecular weight excluding hydrogens is 386 g/mol. The first-order valence-corrected chi connectivity index (χ1v) is 10.7. The van der Waals surface area contributed by atoms with E-state index >= 15 is 0 Å². The van der Waals surface area contributed by atoms with Crippen molar-refractivity contribution in [3.05, 3.63) is 52.8 Å². The fourth-order valence-corrected chi connectivity index (χ4v) is 4.22. The van der Waals surface area contributed by atoms with Gasteiger partial charge in [-0.15, -0.1) is 0 Å². The van der Waals surface area contributed by atoms with E-state index in [4.69, 9.17) is 11.6 Å². The fourth-order valence-electron chi connectivity index (χ4n) is 3.18. The lowest BCUT2D eigenvalue weighted by molar-refractivity contribution is 0.245. The van der Waals surface area contributed by atoms with Crippen molar-refractivity contribution >= 4 is 33.2 Å². The Kier molecular flexibility index (Phi) is 5.18. The molecule has 0 saturated heterocycles. The number of aromatic nitrogens is 1. The minimum absolute atomic E-state index is 0.0608. The maximum Gasteiger partial charge on any atom is 0.322 e. The summed E-state index contributed by atoms with van der Waals surface area (Å²) >= 11 is 6.00. The zero-order chi connectivity index (χ0) is 19.8. The predicted octanol–water partition coefficient (Wildman–Crippen LogP) is 3.54. The summed E-state index contributed by atoms with van der Waals surface area (Å²) in [6, 6.07) is 8.15. The lowest BCUT2D eigenvalue weighted by Crippen LogP contribution is -2.41. The van der Waals surface area contributed by atoms with Crippen molar-refractivity contribution in [1.29, 1.82) is 0 Å². The van der Waals surface area contributed by atoms with E-state index in [2.05, 4.69) is 24.1 Å². The number of amides is 2. The Balaban J connectivity index is 1.71. The molecule has 6 nitrogen and oxygen atoms in total. The summed E-state index contributed by atoms with van der Waals surface area (Å²) in [6.45, 7) is 6.56. The van der Waals surface area contributed by atoms with Crippen LogP contribution in [0.1, 0.15) is 31.9 Å². The highest BCUT2D eigenvalue weighted by Crippen LogP contribution is 2.40. The first-order chi connectivity index (χ1) is 12.6. The number of nitrogens with one attached hydrogen (secondary N) is 1. The molecule has 0 unspecified atom stereocenters. The maximum absolute atomic E-state index is 12.7. The number of pyridine rings is 1. The van der Waals surface area contributed by atoms with E-state index in [9.17, 15) is 13.2 Å². The molecule has 2 amide bonds. The molecule has 1 aromatic carbocycles. The predicted molar refractivity (Wildman–Crippen MR) is 106 cm³/mol. The molecule has 2 heterocycles. The van der Waals surface area contributed by atoms with Gasteiger partial charge in [0.1, 0.15) is 5.15 Å². The van der Waals surface area contributed by atoms with Gasteiger partial charge in [0.2, 0.25) is 0 Å². The van der Waals surface area contributed by atoms with Crippen LogP contribution in [0, 0.1) is 0 Å². The van der Waals surface area contributed by atoms with Crippen LogP contribution in [0.15, 0.2) is 41.4 Å². The Bertz CT molecular complexity index is 972. The van der Waals surface area contributed by atoms with Crippen molar-refractivity contribution < 1.29 is 13.2 Å². The number of carbonyl (C=O) groups excluding carboxylic acids is 1. The van der Waals surface area contributed by atoms with Gasteiger partial charge in [0.15, 0.2) is 9.84 Å². The molecule has 8 heteroatoms. The molecule has 1 aliphatic heterocycles. The average Bonchev–Trinajstić information content (AvgIpc) is 2.91. The second kappa shape index (κ2) is 7.13. The Morgan fingerprint density at radius 2 is 1.96 bits per heavy atom. The van der Waals surface area contributed by atoms with Crippen molar-refractivity contribution in [1.82, 2.24) is 10.3 Å². The van der Waals surface area contributed by atoms with Crippen LogP contribution in [0.4, 0.5) is 10.5 Å². The average molecular weight is 408 g/mol. The standard InChI is InChI=1S/C19H22ClN3O3S/c1-4-27(25,26)14-7-5-13(6-8-14)10-22-18(24)23-12-19(2,3)15-9-17(20)21-11-16(15)23/h5-9,11H,4,10,12H2,1-3H3,(H,22,24). The van der Waals surface area contributed by atoms with Crippen LogP contribution in [0.5, 0.6) is 0 Å². The third-order valence-corrected chi connectivity index (χ3v) is 6.73. The lowest BCUT2D eigenvalue weighted by atomic mass is 9.88. The number of fused-ring (bicyclic) bond motifs is 1. The number of hydrogen-bond acceptors (Lipinski definition) is 4. The molecule has 0 aliphatic carbocycles. The van der Waals surface area contributed by atoms with E-state index in [-0.39, 0.29) is 17.2 Å². The van der Waals surface area contributed by atoms with Crippen molar-refractivity contribution in [2.45, 2.75) is 37.6 Å². The van der Waals surface area contributed by atoms with Crippen LogP contribution in [0.3, 0.4) is 0 Å².